The van der Waals surface area contributed by atoms with Gasteiger partial charge in [-0.2, -0.15) is 13.2 Å². The summed E-state index contributed by atoms with van der Waals surface area (Å²) in [6.07, 6.45) is -4.91. The van der Waals surface area contributed by atoms with E-state index in [2.05, 4.69) is 0 Å². The fourth-order valence-corrected chi connectivity index (χ4v) is 0.381. The summed E-state index contributed by atoms with van der Waals surface area (Å²) < 4.78 is 31.7. The van der Waals surface area contributed by atoms with Crippen LogP contribution in [-0.4, -0.2) is 34.9 Å². The lowest BCUT2D eigenvalue weighted by molar-refractivity contribution is -0.192. The number of carbonyl (C=O) groups is 2. The fraction of sp³-hybridized carbons (Fsp3) is 0.714. The first-order valence-corrected chi connectivity index (χ1v) is 3.83. The number of hydrogen-bond acceptors (Lipinski definition) is 3. The summed E-state index contributed by atoms with van der Waals surface area (Å²) >= 11 is 0. The van der Waals surface area contributed by atoms with Crippen molar-refractivity contribution in [1.82, 2.24) is 0 Å². The molecule has 0 aromatic heterocycles. The number of halogens is 3. The normalized spacial score (nSPS) is 12.3. The van der Waals surface area contributed by atoms with Crippen LogP contribution in [0.4, 0.5) is 13.2 Å². The minimum Gasteiger partial charge on any atom is -0.481 e. The molecule has 15 heavy (non-hydrogen) atoms. The Labute approximate surface area is 83.7 Å². The molecule has 0 saturated carbocycles. The first kappa shape index (κ1) is 16.1. The molecule has 4 N–H and O–H groups in total. The SMILES string of the molecule is C[C@@H](CN)CC(=O)O.O=C(O)C(F)(F)F. The Morgan fingerprint density at radius 3 is 1.73 bits per heavy atom. The Balaban J connectivity index is 0. The third-order valence-corrected chi connectivity index (χ3v) is 1.17. The van der Waals surface area contributed by atoms with Crippen LogP contribution in [0.2, 0.25) is 0 Å². The van der Waals surface area contributed by atoms with Crippen molar-refractivity contribution in [2.24, 2.45) is 11.7 Å². The van der Waals surface area contributed by atoms with E-state index < -0.39 is 18.1 Å². The van der Waals surface area contributed by atoms with Crippen LogP contribution in [0.15, 0.2) is 0 Å². The van der Waals surface area contributed by atoms with E-state index in [9.17, 15) is 18.0 Å². The van der Waals surface area contributed by atoms with E-state index in [1.807, 2.05) is 6.92 Å². The van der Waals surface area contributed by atoms with Crippen molar-refractivity contribution in [2.45, 2.75) is 19.5 Å². The van der Waals surface area contributed by atoms with Crippen molar-refractivity contribution in [3.05, 3.63) is 0 Å². The van der Waals surface area contributed by atoms with Gasteiger partial charge in [0.15, 0.2) is 0 Å². The molecule has 8 heteroatoms. The smallest absolute Gasteiger partial charge is 0.481 e. The molecule has 0 bridgehead atoms. The number of carboxylic acid groups (broad SMARTS) is 2. The summed E-state index contributed by atoms with van der Waals surface area (Å²) in [6.45, 7) is 2.26. The molecule has 0 spiro atoms. The minimum absolute atomic E-state index is 0.104. The molecule has 5 nitrogen and oxygen atoms in total. The van der Waals surface area contributed by atoms with Crippen LogP contribution in [0.1, 0.15) is 13.3 Å². The molecule has 0 aliphatic heterocycles. The lowest BCUT2D eigenvalue weighted by Gasteiger charge is -2.00. The molecule has 0 amide bonds. The molecule has 0 rings (SSSR count). The number of aliphatic carboxylic acids is 2. The zero-order chi connectivity index (χ0) is 12.6. The maximum absolute atomic E-state index is 10.6. The first-order chi connectivity index (χ1) is 6.61. The largest absolute Gasteiger partial charge is 0.490 e. The number of hydrogen-bond donors (Lipinski definition) is 3. The van der Waals surface area contributed by atoms with Crippen LogP contribution < -0.4 is 5.73 Å². The van der Waals surface area contributed by atoms with E-state index >= 15 is 0 Å². The van der Waals surface area contributed by atoms with Crippen molar-refractivity contribution in [2.75, 3.05) is 6.54 Å². The molecule has 0 fully saturated rings. The molecule has 0 heterocycles. The Hall–Kier alpha value is -1.31. The molecule has 0 unspecified atom stereocenters. The minimum atomic E-state index is -5.08. The second kappa shape index (κ2) is 7.04. The highest BCUT2D eigenvalue weighted by Gasteiger charge is 2.38. The number of alkyl halides is 3. The summed E-state index contributed by atoms with van der Waals surface area (Å²) in [5, 5.41) is 15.3. The Kier molecular flexibility index (Phi) is 7.58. The molecule has 90 valence electrons. The molecular weight excluding hydrogens is 219 g/mol. The summed E-state index contributed by atoms with van der Waals surface area (Å²) in [5.41, 5.74) is 5.16. The van der Waals surface area contributed by atoms with E-state index in [0.717, 1.165) is 0 Å². The molecule has 0 aromatic rings. The predicted molar refractivity (Wildman–Crippen MR) is 44.2 cm³/mol. The highest BCUT2D eigenvalue weighted by Crippen LogP contribution is 2.13. The number of rotatable bonds is 3. The van der Waals surface area contributed by atoms with Gasteiger partial charge in [-0.1, -0.05) is 6.92 Å². The van der Waals surface area contributed by atoms with Crippen LogP contribution >= 0.6 is 0 Å². The Morgan fingerprint density at radius 2 is 1.67 bits per heavy atom. The van der Waals surface area contributed by atoms with E-state index in [1.54, 1.807) is 0 Å². The van der Waals surface area contributed by atoms with E-state index in [0.29, 0.717) is 6.54 Å². The first-order valence-electron chi connectivity index (χ1n) is 3.83. The van der Waals surface area contributed by atoms with Crippen molar-refractivity contribution in [3.63, 3.8) is 0 Å². The average Bonchev–Trinajstić information content (AvgIpc) is 2.02. The molecular formula is C7H12F3NO4. The van der Waals surface area contributed by atoms with E-state index in [-0.39, 0.29) is 12.3 Å². The lowest BCUT2D eigenvalue weighted by Crippen LogP contribution is -2.21. The number of nitrogens with two attached hydrogens (primary N) is 1. The summed E-state index contributed by atoms with van der Waals surface area (Å²) in [4.78, 5) is 18.8. The average molecular weight is 231 g/mol. The molecule has 0 radical (unpaired) electrons. The van der Waals surface area contributed by atoms with Crippen LogP contribution in [0.3, 0.4) is 0 Å². The third kappa shape index (κ3) is 12.7. The standard InChI is InChI=1S/C5H11NO2.C2HF3O2/c1-4(3-6)2-5(7)8;3-2(4,5)1(6)7/h4H,2-3,6H2,1H3,(H,7,8);(H,6,7)/t4-;/m1./s1. The second-order valence-corrected chi connectivity index (χ2v) is 2.74. The van der Waals surface area contributed by atoms with Gasteiger partial charge in [-0.3, -0.25) is 4.79 Å². The molecule has 0 aliphatic rings. The van der Waals surface area contributed by atoms with Gasteiger partial charge in [0.2, 0.25) is 0 Å². The molecule has 0 saturated heterocycles. The zero-order valence-electron chi connectivity index (χ0n) is 7.91. The van der Waals surface area contributed by atoms with Gasteiger partial charge in [0, 0.05) is 6.42 Å². The van der Waals surface area contributed by atoms with Crippen molar-refractivity contribution in [1.29, 1.82) is 0 Å². The van der Waals surface area contributed by atoms with Gasteiger partial charge in [-0.25, -0.2) is 4.79 Å². The molecule has 0 aliphatic carbocycles. The van der Waals surface area contributed by atoms with Gasteiger partial charge in [-0.15, -0.1) is 0 Å². The van der Waals surface area contributed by atoms with Gasteiger partial charge in [-0.05, 0) is 12.5 Å². The maximum Gasteiger partial charge on any atom is 0.490 e. The lowest BCUT2D eigenvalue weighted by atomic mass is 10.1. The summed E-state index contributed by atoms with van der Waals surface area (Å²) in [7, 11) is 0. The van der Waals surface area contributed by atoms with Gasteiger partial charge >= 0.3 is 18.1 Å². The summed E-state index contributed by atoms with van der Waals surface area (Å²) in [5.74, 6) is -3.43. The highest BCUT2D eigenvalue weighted by atomic mass is 19.4. The van der Waals surface area contributed by atoms with E-state index in [4.69, 9.17) is 20.7 Å². The predicted octanol–water partition coefficient (Wildman–Crippen LogP) is 0.689. The summed E-state index contributed by atoms with van der Waals surface area (Å²) in [6, 6.07) is 0. The zero-order valence-corrected chi connectivity index (χ0v) is 7.91. The van der Waals surface area contributed by atoms with Crippen LogP contribution in [0.25, 0.3) is 0 Å². The van der Waals surface area contributed by atoms with Crippen LogP contribution in [-0.2, 0) is 9.59 Å². The fourth-order valence-electron chi connectivity index (χ4n) is 0.381. The van der Waals surface area contributed by atoms with Gasteiger partial charge < -0.3 is 15.9 Å². The van der Waals surface area contributed by atoms with Crippen molar-refractivity contribution >= 4 is 11.9 Å². The number of carboxylic acids is 2. The molecule has 1 atom stereocenters. The third-order valence-electron chi connectivity index (χ3n) is 1.17. The van der Waals surface area contributed by atoms with Gasteiger partial charge in [0.25, 0.3) is 0 Å². The van der Waals surface area contributed by atoms with Gasteiger partial charge in [0.1, 0.15) is 0 Å². The monoisotopic (exact) mass is 231 g/mol. The van der Waals surface area contributed by atoms with Crippen LogP contribution in [0, 0.1) is 5.92 Å². The van der Waals surface area contributed by atoms with Gasteiger partial charge in [0.05, 0.1) is 0 Å². The van der Waals surface area contributed by atoms with Crippen LogP contribution in [0.5, 0.6) is 0 Å². The second-order valence-electron chi connectivity index (χ2n) is 2.74. The van der Waals surface area contributed by atoms with Crippen molar-refractivity contribution < 1.29 is 33.0 Å². The highest BCUT2D eigenvalue weighted by molar-refractivity contribution is 5.73. The topological polar surface area (TPSA) is 101 Å². The Morgan fingerprint density at radius 1 is 1.33 bits per heavy atom. The van der Waals surface area contributed by atoms with Crippen molar-refractivity contribution in [3.8, 4) is 0 Å². The molecule has 0 aromatic carbocycles. The maximum atomic E-state index is 10.6. The quantitative estimate of drug-likeness (QED) is 0.663. The van der Waals surface area contributed by atoms with E-state index in [1.165, 1.54) is 0 Å². The Bertz CT molecular complexity index is 217.